The number of rotatable bonds is 2. The van der Waals surface area contributed by atoms with E-state index in [0.29, 0.717) is 0 Å². The number of halogens is 2. The molecule has 0 spiro atoms. The Kier molecular flexibility index (Phi) is 3.39. The molecule has 0 aliphatic heterocycles. The van der Waals surface area contributed by atoms with Gasteiger partial charge in [-0.25, -0.2) is 4.39 Å². The second-order valence-electron chi connectivity index (χ2n) is 3.47. The summed E-state index contributed by atoms with van der Waals surface area (Å²) in [5, 5.41) is 0. The smallest absolute Gasteiger partial charge is 0.123 e. The highest BCUT2D eigenvalue weighted by Gasteiger charge is 2.05. The molecule has 0 aliphatic carbocycles. The molecule has 2 rings (SSSR count). The molecule has 0 aromatic heterocycles. The first-order valence-corrected chi connectivity index (χ1v) is 5.96. The molecule has 80 valence electrons. The van der Waals surface area contributed by atoms with Crippen molar-refractivity contribution in [1.82, 2.24) is 0 Å². The first kappa shape index (κ1) is 11.3. The highest BCUT2D eigenvalue weighted by molar-refractivity contribution is 14.1. The Bertz CT molecular complexity index is 515. The van der Waals surface area contributed by atoms with Crippen LogP contribution in [0.25, 0.3) is 5.57 Å². The summed E-state index contributed by atoms with van der Waals surface area (Å²) in [5.74, 6) is -0.223. The van der Waals surface area contributed by atoms with Crippen molar-refractivity contribution in [3.05, 3.63) is 75.6 Å². The second-order valence-corrected chi connectivity index (χ2v) is 4.63. The second kappa shape index (κ2) is 4.78. The van der Waals surface area contributed by atoms with Gasteiger partial charge in [0.25, 0.3) is 0 Å². The van der Waals surface area contributed by atoms with Crippen molar-refractivity contribution in [3.63, 3.8) is 0 Å². The van der Waals surface area contributed by atoms with E-state index in [0.717, 1.165) is 20.3 Å². The van der Waals surface area contributed by atoms with Gasteiger partial charge in [0.15, 0.2) is 0 Å². The van der Waals surface area contributed by atoms with E-state index >= 15 is 0 Å². The third kappa shape index (κ3) is 2.32. The third-order valence-electron chi connectivity index (χ3n) is 2.39. The first-order chi connectivity index (χ1) is 7.68. The SMILES string of the molecule is C=C(c1ccc(F)cc1)c1ccccc1I. The van der Waals surface area contributed by atoms with Gasteiger partial charge in [-0.15, -0.1) is 0 Å². The number of hydrogen-bond acceptors (Lipinski definition) is 0. The van der Waals surface area contributed by atoms with Crippen molar-refractivity contribution in [2.24, 2.45) is 0 Å². The summed E-state index contributed by atoms with van der Waals surface area (Å²) >= 11 is 2.27. The van der Waals surface area contributed by atoms with Crippen LogP contribution in [0.2, 0.25) is 0 Å². The summed E-state index contributed by atoms with van der Waals surface area (Å²) in [4.78, 5) is 0. The zero-order valence-electron chi connectivity index (χ0n) is 8.58. The number of hydrogen-bond donors (Lipinski definition) is 0. The van der Waals surface area contributed by atoms with E-state index in [1.165, 1.54) is 12.1 Å². The molecule has 0 amide bonds. The van der Waals surface area contributed by atoms with Gasteiger partial charge in [-0.2, -0.15) is 0 Å². The zero-order chi connectivity index (χ0) is 11.5. The minimum atomic E-state index is -0.223. The molecule has 0 heterocycles. The standard InChI is InChI=1S/C14H10FI/c1-10(11-6-8-12(15)9-7-11)13-4-2-3-5-14(13)16/h2-9H,1H2. The lowest BCUT2D eigenvalue weighted by Gasteiger charge is -2.08. The zero-order valence-corrected chi connectivity index (χ0v) is 10.7. The van der Waals surface area contributed by atoms with Gasteiger partial charge >= 0.3 is 0 Å². The average Bonchev–Trinajstić information content (AvgIpc) is 2.30. The van der Waals surface area contributed by atoms with Crippen LogP contribution in [-0.2, 0) is 0 Å². The Morgan fingerprint density at radius 1 is 1.00 bits per heavy atom. The van der Waals surface area contributed by atoms with Gasteiger partial charge in [-0.1, -0.05) is 36.9 Å². The molecular formula is C14H10FI. The summed E-state index contributed by atoms with van der Waals surface area (Å²) in [6.07, 6.45) is 0. The molecule has 16 heavy (non-hydrogen) atoms. The van der Waals surface area contributed by atoms with Gasteiger partial charge in [0.2, 0.25) is 0 Å². The van der Waals surface area contributed by atoms with Crippen LogP contribution in [0.4, 0.5) is 4.39 Å². The summed E-state index contributed by atoms with van der Waals surface area (Å²) in [7, 11) is 0. The maximum absolute atomic E-state index is 12.8. The largest absolute Gasteiger partial charge is 0.207 e. The fourth-order valence-electron chi connectivity index (χ4n) is 1.51. The molecule has 0 saturated carbocycles. The molecule has 0 unspecified atom stereocenters. The highest BCUT2D eigenvalue weighted by atomic mass is 127. The van der Waals surface area contributed by atoms with Crippen LogP contribution in [0.1, 0.15) is 11.1 Å². The van der Waals surface area contributed by atoms with E-state index in [1.54, 1.807) is 12.1 Å². The van der Waals surface area contributed by atoms with Crippen molar-refractivity contribution in [2.45, 2.75) is 0 Å². The lowest BCUT2D eigenvalue weighted by Crippen LogP contribution is -1.89. The predicted octanol–water partition coefficient (Wildman–Crippen LogP) is 4.49. The van der Waals surface area contributed by atoms with Crippen LogP contribution in [0.3, 0.4) is 0 Å². The minimum absolute atomic E-state index is 0.223. The van der Waals surface area contributed by atoms with Crippen molar-refractivity contribution in [1.29, 1.82) is 0 Å². The van der Waals surface area contributed by atoms with Crippen LogP contribution >= 0.6 is 22.6 Å². The molecule has 0 fully saturated rings. The van der Waals surface area contributed by atoms with E-state index < -0.39 is 0 Å². The third-order valence-corrected chi connectivity index (χ3v) is 3.33. The molecule has 0 atom stereocenters. The topological polar surface area (TPSA) is 0 Å². The van der Waals surface area contributed by atoms with E-state index in [4.69, 9.17) is 0 Å². The maximum Gasteiger partial charge on any atom is 0.123 e. The molecule has 0 nitrogen and oxygen atoms in total. The summed E-state index contributed by atoms with van der Waals surface area (Å²) < 4.78 is 13.9. The van der Waals surface area contributed by atoms with Gasteiger partial charge < -0.3 is 0 Å². The van der Waals surface area contributed by atoms with E-state index in [9.17, 15) is 4.39 Å². The van der Waals surface area contributed by atoms with Gasteiger partial charge in [-0.3, -0.25) is 0 Å². The molecule has 0 bridgehead atoms. The van der Waals surface area contributed by atoms with Crippen LogP contribution in [0, 0.1) is 9.39 Å². The quantitative estimate of drug-likeness (QED) is 0.714. The molecule has 2 heteroatoms. The van der Waals surface area contributed by atoms with Crippen molar-refractivity contribution in [3.8, 4) is 0 Å². The summed E-state index contributed by atoms with van der Waals surface area (Å²) in [6.45, 7) is 4.06. The highest BCUT2D eigenvalue weighted by Crippen LogP contribution is 2.25. The Hall–Kier alpha value is -1.16. The molecular weight excluding hydrogens is 314 g/mol. The van der Waals surface area contributed by atoms with E-state index in [1.807, 2.05) is 24.3 Å². The van der Waals surface area contributed by atoms with Crippen molar-refractivity contribution >= 4 is 28.2 Å². The summed E-state index contributed by atoms with van der Waals surface area (Å²) in [6, 6.07) is 14.4. The lowest BCUT2D eigenvalue weighted by molar-refractivity contribution is 0.627. The molecule has 0 saturated heterocycles. The monoisotopic (exact) mass is 324 g/mol. The van der Waals surface area contributed by atoms with Crippen LogP contribution in [0.5, 0.6) is 0 Å². The van der Waals surface area contributed by atoms with Crippen LogP contribution < -0.4 is 0 Å². The van der Waals surface area contributed by atoms with E-state index in [-0.39, 0.29) is 5.82 Å². The van der Waals surface area contributed by atoms with Gasteiger partial charge in [0.05, 0.1) is 0 Å². The Morgan fingerprint density at radius 2 is 1.62 bits per heavy atom. The van der Waals surface area contributed by atoms with Crippen LogP contribution in [-0.4, -0.2) is 0 Å². The summed E-state index contributed by atoms with van der Waals surface area (Å²) in [5.41, 5.74) is 2.96. The van der Waals surface area contributed by atoms with Crippen LogP contribution in [0.15, 0.2) is 55.1 Å². The van der Waals surface area contributed by atoms with Crippen molar-refractivity contribution in [2.75, 3.05) is 0 Å². The normalized spacial score (nSPS) is 10.1. The van der Waals surface area contributed by atoms with Gasteiger partial charge in [0.1, 0.15) is 5.82 Å². The average molecular weight is 324 g/mol. The Labute approximate surface area is 108 Å². The maximum atomic E-state index is 12.8. The fraction of sp³-hybridized carbons (Fsp3) is 0. The predicted molar refractivity (Wildman–Crippen MR) is 73.7 cm³/mol. The fourth-order valence-corrected chi connectivity index (χ4v) is 2.23. The molecule has 0 N–H and O–H groups in total. The molecule has 2 aromatic carbocycles. The van der Waals surface area contributed by atoms with E-state index in [2.05, 4.69) is 29.2 Å². The van der Waals surface area contributed by atoms with Crippen molar-refractivity contribution < 1.29 is 4.39 Å². The first-order valence-electron chi connectivity index (χ1n) is 4.88. The molecule has 2 aromatic rings. The Morgan fingerprint density at radius 3 is 2.25 bits per heavy atom. The minimum Gasteiger partial charge on any atom is -0.207 e. The lowest BCUT2D eigenvalue weighted by atomic mass is 10.00. The van der Waals surface area contributed by atoms with Gasteiger partial charge in [-0.05, 0) is 57.5 Å². The molecule has 0 aliphatic rings. The molecule has 0 radical (unpaired) electrons. The number of benzene rings is 2. The van der Waals surface area contributed by atoms with Gasteiger partial charge in [0, 0.05) is 3.57 Å². The Balaban J connectivity index is 2.40.